The Bertz CT molecular complexity index is 652. The van der Waals surface area contributed by atoms with Gasteiger partial charge in [0.2, 0.25) is 5.91 Å². The Morgan fingerprint density at radius 1 is 1.22 bits per heavy atom. The van der Waals surface area contributed by atoms with Crippen LogP contribution in [0.4, 0.5) is 13.2 Å². The number of carbonyl (C=O) groups excluding carboxylic acids is 1. The summed E-state index contributed by atoms with van der Waals surface area (Å²) in [6.07, 6.45) is -2.70. The molecular weight excluding hydrogens is 311 g/mol. The molecule has 124 valence electrons. The summed E-state index contributed by atoms with van der Waals surface area (Å²) in [7, 11) is 0. The Hall–Kier alpha value is -2.05. The van der Waals surface area contributed by atoms with Gasteiger partial charge < -0.3 is 10.4 Å². The van der Waals surface area contributed by atoms with Gasteiger partial charge in [-0.05, 0) is 43.2 Å². The van der Waals surface area contributed by atoms with E-state index in [9.17, 15) is 27.9 Å². The first-order valence-electron chi connectivity index (χ1n) is 7.46. The van der Waals surface area contributed by atoms with Gasteiger partial charge in [-0.15, -0.1) is 0 Å². The minimum Gasteiger partial charge on any atom is -0.480 e. The highest BCUT2D eigenvalue weighted by atomic mass is 19.4. The molecule has 1 aromatic carbocycles. The lowest BCUT2D eigenvalue weighted by atomic mass is 9.76. The largest absolute Gasteiger partial charge is 0.480 e. The van der Waals surface area contributed by atoms with E-state index in [1.807, 2.05) is 0 Å². The fraction of sp³-hybridized carbons (Fsp3) is 0.500. The molecule has 23 heavy (non-hydrogen) atoms. The SMILES string of the molecule is O=C(NC1(C(=O)O)CCC1)[C@@H]1C[C@@H]1c1ccccc1C(F)(F)F. The van der Waals surface area contributed by atoms with Crippen LogP contribution in [0.5, 0.6) is 0 Å². The molecular formula is C16H16F3NO3. The number of hydrogen-bond donors (Lipinski definition) is 2. The second-order valence-electron chi connectivity index (χ2n) is 6.26. The van der Waals surface area contributed by atoms with Crippen LogP contribution in [0.2, 0.25) is 0 Å². The molecule has 0 aromatic heterocycles. The van der Waals surface area contributed by atoms with Crippen molar-refractivity contribution in [2.24, 2.45) is 5.92 Å². The van der Waals surface area contributed by atoms with Gasteiger partial charge in [0.05, 0.1) is 5.56 Å². The Morgan fingerprint density at radius 2 is 1.87 bits per heavy atom. The van der Waals surface area contributed by atoms with Crippen LogP contribution < -0.4 is 5.32 Å². The third-order valence-corrected chi connectivity index (χ3v) is 4.77. The minimum absolute atomic E-state index is 0.109. The molecule has 2 saturated carbocycles. The number of carboxylic acid groups (broad SMARTS) is 1. The number of nitrogens with one attached hydrogen (secondary N) is 1. The van der Waals surface area contributed by atoms with Gasteiger partial charge in [-0.3, -0.25) is 4.79 Å². The maximum Gasteiger partial charge on any atom is 0.416 e. The van der Waals surface area contributed by atoms with E-state index >= 15 is 0 Å². The first kappa shape index (κ1) is 15.8. The summed E-state index contributed by atoms with van der Waals surface area (Å²) in [6, 6.07) is 5.23. The molecule has 4 nitrogen and oxygen atoms in total. The summed E-state index contributed by atoms with van der Waals surface area (Å²) < 4.78 is 39.1. The van der Waals surface area contributed by atoms with E-state index in [0.29, 0.717) is 19.3 Å². The monoisotopic (exact) mass is 327 g/mol. The quantitative estimate of drug-likeness (QED) is 0.893. The van der Waals surface area contributed by atoms with Crippen molar-refractivity contribution in [3.8, 4) is 0 Å². The molecule has 0 unspecified atom stereocenters. The summed E-state index contributed by atoms with van der Waals surface area (Å²) in [4.78, 5) is 23.5. The molecule has 0 spiro atoms. The number of benzene rings is 1. The van der Waals surface area contributed by atoms with Gasteiger partial charge in [-0.2, -0.15) is 13.2 Å². The highest BCUT2D eigenvalue weighted by Crippen LogP contribution is 2.51. The van der Waals surface area contributed by atoms with Gasteiger partial charge in [0, 0.05) is 5.92 Å². The van der Waals surface area contributed by atoms with Crippen molar-refractivity contribution in [1.29, 1.82) is 0 Å². The van der Waals surface area contributed by atoms with Crippen LogP contribution in [0.25, 0.3) is 0 Å². The van der Waals surface area contributed by atoms with Gasteiger partial charge in [-0.25, -0.2) is 4.79 Å². The standard InChI is InChI=1S/C16H16F3NO3/c17-16(18,19)12-5-2-1-4-9(12)10-8-11(10)13(21)20-15(14(22)23)6-3-7-15/h1-2,4-5,10-11H,3,6-8H2,(H,20,21)(H,22,23)/t10-,11-/m1/s1. The molecule has 1 aromatic rings. The molecule has 3 rings (SSSR count). The highest BCUT2D eigenvalue weighted by molar-refractivity contribution is 5.90. The summed E-state index contributed by atoms with van der Waals surface area (Å²) in [6.45, 7) is 0. The lowest BCUT2D eigenvalue weighted by molar-refractivity contribution is -0.152. The smallest absolute Gasteiger partial charge is 0.416 e. The number of rotatable bonds is 4. The van der Waals surface area contributed by atoms with Crippen molar-refractivity contribution < 1.29 is 27.9 Å². The molecule has 2 atom stereocenters. The topological polar surface area (TPSA) is 66.4 Å². The van der Waals surface area contributed by atoms with E-state index in [1.165, 1.54) is 18.2 Å². The van der Waals surface area contributed by atoms with E-state index in [4.69, 9.17) is 0 Å². The van der Waals surface area contributed by atoms with Gasteiger partial charge in [0.25, 0.3) is 0 Å². The van der Waals surface area contributed by atoms with Crippen molar-refractivity contribution in [1.82, 2.24) is 5.32 Å². The minimum atomic E-state index is -4.46. The van der Waals surface area contributed by atoms with Crippen LogP contribution in [0.1, 0.15) is 42.7 Å². The fourth-order valence-electron chi connectivity index (χ4n) is 3.16. The van der Waals surface area contributed by atoms with E-state index in [2.05, 4.69) is 5.32 Å². The number of aliphatic carboxylic acids is 1. The highest BCUT2D eigenvalue weighted by Gasteiger charge is 2.52. The second-order valence-corrected chi connectivity index (χ2v) is 6.26. The van der Waals surface area contributed by atoms with Crippen molar-refractivity contribution in [2.75, 3.05) is 0 Å². The number of alkyl halides is 3. The lowest BCUT2D eigenvalue weighted by Crippen LogP contribution is -2.59. The summed E-state index contributed by atoms with van der Waals surface area (Å²) in [5, 5.41) is 11.7. The van der Waals surface area contributed by atoms with Gasteiger partial charge in [0.15, 0.2) is 0 Å². The van der Waals surface area contributed by atoms with Crippen molar-refractivity contribution in [3.05, 3.63) is 35.4 Å². The molecule has 7 heteroatoms. The van der Waals surface area contributed by atoms with Crippen LogP contribution in [0.15, 0.2) is 24.3 Å². The Balaban J connectivity index is 1.73. The zero-order chi connectivity index (χ0) is 16.8. The lowest BCUT2D eigenvalue weighted by Gasteiger charge is -2.38. The first-order chi connectivity index (χ1) is 10.7. The molecule has 0 heterocycles. The zero-order valence-electron chi connectivity index (χ0n) is 12.2. The molecule has 2 aliphatic rings. The maximum absolute atomic E-state index is 13.0. The Labute approximate surface area is 130 Å². The van der Waals surface area contributed by atoms with Gasteiger partial charge in [0.1, 0.15) is 5.54 Å². The molecule has 2 fully saturated rings. The van der Waals surface area contributed by atoms with E-state index in [1.54, 1.807) is 0 Å². The summed E-state index contributed by atoms with van der Waals surface area (Å²) in [5.41, 5.74) is -1.84. The molecule has 0 bridgehead atoms. The van der Waals surface area contributed by atoms with Crippen LogP contribution in [-0.4, -0.2) is 22.5 Å². The normalized spacial score (nSPS) is 25.3. The van der Waals surface area contributed by atoms with Crippen LogP contribution >= 0.6 is 0 Å². The van der Waals surface area contributed by atoms with Crippen molar-refractivity contribution >= 4 is 11.9 Å². The first-order valence-corrected chi connectivity index (χ1v) is 7.46. The maximum atomic E-state index is 13.0. The zero-order valence-corrected chi connectivity index (χ0v) is 12.2. The van der Waals surface area contributed by atoms with Crippen LogP contribution in [-0.2, 0) is 15.8 Å². The molecule has 2 N–H and O–H groups in total. The third kappa shape index (κ3) is 2.80. The number of amides is 1. The number of hydrogen-bond acceptors (Lipinski definition) is 2. The predicted molar refractivity (Wildman–Crippen MR) is 74.7 cm³/mol. The fourth-order valence-corrected chi connectivity index (χ4v) is 3.16. The third-order valence-electron chi connectivity index (χ3n) is 4.77. The predicted octanol–water partition coefficient (Wildman–Crippen LogP) is 2.93. The molecule has 0 saturated heterocycles. The van der Waals surface area contributed by atoms with Gasteiger partial charge >= 0.3 is 12.1 Å². The van der Waals surface area contributed by atoms with E-state index in [-0.39, 0.29) is 5.56 Å². The van der Waals surface area contributed by atoms with Crippen molar-refractivity contribution in [3.63, 3.8) is 0 Å². The summed E-state index contributed by atoms with van der Waals surface area (Å²) in [5.74, 6) is -2.63. The average molecular weight is 327 g/mol. The molecule has 0 radical (unpaired) electrons. The average Bonchev–Trinajstić information content (AvgIpc) is 3.21. The van der Waals surface area contributed by atoms with Gasteiger partial charge in [-0.1, -0.05) is 18.2 Å². The van der Waals surface area contributed by atoms with Crippen LogP contribution in [0, 0.1) is 5.92 Å². The second kappa shape index (κ2) is 5.25. The molecule has 0 aliphatic heterocycles. The van der Waals surface area contributed by atoms with E-state index in [0.717, 1.165) is 12.5 Å². The Kier molecular flexibility index (Phi) is 3.61. The number of carboxylic acids is 1. The summed E-state index contributed by atoms with van der Waals surface area (Å²) >= 11 is 0. The van der Waals surface area contributed by atoms with Crippen molar-refractivity contribution in [2.45, 2.75) is 43.3 Å². The molecule has 2 aliphatic carbocycles. The Morgan fingerprint density at radius 3 is 2.39 bits per heavy atom. The van der Waals surface area contributed by atoms with Crippen LogP contribution in [0.3, 0.4) is 0 Å². The van der Waals surface area contributed by atoms with E-state index < -0.39 is 41.0 Å². The number of carbonyl (C=O) groups is 2. The number of halogens is 3. The molecule has 1 amide bonds.